The highest BCUT2D eigenvalue weighted by Gasteiger charge is 2.27. The summed E-state index contributed by atoms with van der Waals surface area (Å²) in [5.74, 6) is -1.25. The number of phenols is 1. The van der Waals surface area contributed by atoms with Crippen molar-refractivity contribution in [3.05, 3.63) is 29.8 Å². The number of aromatic hydroxyl groups is 1. The summed E-state index contributed by atoms with van der Waals surface area (Å²) < 4.78 is 4.94. The lowest BCUT2D eigenvalue weighted by atomic mass is 9.82. The number of hydrogen-bond donors (Lipinski definition) is 2. The summed E-state index contributed by atoms with van der Waals surface area (Å²) in [7, 11) is 0. The van der Waals surface area contributed by atoms with Crippen LogP contribution in [0.2, 0.25) is 0 Å². The van der Waals surface area contributed by atoms with Gasteiger partial charge in [-0.05, 0) is 37.8 Å². The lowest BCUT2D eigenvalue weighted by molar-refractivity contribution is -0.126. The second-order valence-electron chi connectivity index (χ2n) is 7.26. The molecule has 122 valence electrons. The Labute approximate surface area is 131 Å². The fourth-order valence-corrected chi connectivity index (χ4v) is 2.64. The first-order chi connectivity index (χ1) is 10.0. The van der Waals surface area contributed by atoms with Crippen molar-refractivity contribution in [2.24, 2.45) is 5.41 Å². The summed E-state index contributed by atoms with van der Waals surface area (Å²) in [5, 5.41) is 12.4. The van der Waals surface area contributed by atoms with Crippen molar-refractivity contribution in [3.63, 3.8) is 0 Å². The molecule has 0 unspecified atom stereocenters. The highest BCUT2D eigenvalue weighted by molar-refractivity contribution is 5.93. The third kappa shape index (κ3) is 6.16. The van der Waals surface area contributed by atoms with Gasteiger partial charge in [-0.3, -0.25) is 4.79 Å². The average Bonchev–Trinajstić information content (AvgIpc) is 2.32. The number of carbonyl (C=O) groups is 2. The van der Waals surface area contributed by atoms with Gasteiger partial charge < -0.3 is 15.2 Å². The molecule has 0 aromatic heterocycles. The maximum Gasteiger partial charge on any atom is 0.342 e. The number of amides is 1. The Kier molecular flexibility index (Phi) is 5.58. The number of para-hydroxylation sites is 1. The van der Waals surface area contributed by atoms with Gasteiger partial charge in [0.1, 0.15) is 11.3 Å². The third-order valence-electron chi connectivity index (χ3n) is 2.91. The Morgan fingerprint density at radius 3 is 2.27 bits per heavy atom. The number of rotatable bonds is 5. The fraction of sp³-hybridized carbons (Fsp3) is 0.529. The molecule has 0 spiro atoms. The molecule has 5 nitrogen and oxygen atoms in total. The van der Waals surface area contributed by atoms with Gasteiger partial charge in [-0.15, -0.1) is 0 Å². The largest absolute Gasteiger partial charge is 0.507 e. The Bertz CT molecular complexity index is 544. The number of phenolic OH excluding ortho intramolecular Hbond substituents is 1. The maximum absolute atomic E-state index is 11.9. The van der Waals surface area contributed by atoms with Gasteiger partial charge in [0, 0.05) is 5.54 Å². The molecule has 5 heteroatoms. The van der Waals surface area contributed by atoms with E-state index in [0.29, 0.717) is 0 Å². The maximum atomic E-state index is 11.9. The van der Waals surface area contributed by atoms with E-state index in [4.69, 9.17) is 4.74 Å². The van der Waals surface area contributed by atoms with Crippen LogP contribution in [0.3, 0.4) is 0 Å². The number of esters is 1. The van der Waals surface area contributed by atoms with Gasteiger partial charge in [0.15, 0.2) is 6.61 Å². The molecule has 0 aliphatic heterocycles. The summed E-state index contributed by atoms with van der Waals surface area (Å²) in [6, 6.07) is 6.05. The predicted molar refractivity (Wildman–Crippen MR) is 84.7 cm³/mol. The van der Waals surface area contributed by atoms with Crippen molar-refractivity contribution < 1.29 is 19.4 Å². The lowest BCUT2D eigenvalue weighted by Gasteiger charge is -2.33. The lowest BCUT2D eigenvalue weighted by Crippen LogP contribution is -2.47. The van der Waals surface area contributed by atoms with E-state index in [9.17, 15) is 14.7 Å². The van der Waals surface area contributed by atoms with Gasteiger partial charge in [0.2, 0.25) is 0 Å². The Morgan fingerprint density at radius 1 is 1.14 bits per heavy atom. The van der Waals surface area contributed by atoms with Crippen molar-refractivity contribution in [1.82, 2.24) is 5.32 Å². The molecule has 0 bridgehead atoms. The summed E-state index contributed by atoms with van der Waals surface area (Å²) in [6.45, 7) is 9.78. The van der Waals surface area contributed by atoms with Crippen molar-refractivity contribution in [3.8, 4) is 5.75 Å². The molecule has 22 heavy (non-hydrogen) atoms. The van der Waals surface area contributed by atoms with Crippen LogP contribution in [0.15, 0.2) is 24.3 Å². The van der Waals surface area contributed by atoms with E-state index in [1.165, 1.54) is 12.1 Å². The summed E-state index contributed by atoms with van der Waals surface area (Å²) in [5.41, 5.74) is -0.274. The Hall–Kier alpha value is -2.04. The molecule has 2 N–H and O–H groups in total. The molecule has 0 atom stereocenters. The van der Waals surface area contributed by atoms with Crippen molar-refractivity contribution in [2.45, 2.75) is 46.6 Å². The van der Waals surface area contributed by atoms with Gasteiger partial charge in [-0.1, -0.05) is 32.9 Å². The average molecular weight is 307 g/mol. The highest BCUT2D eigenvalue weighted by atomic mass is 16.5. The van der Waals surface area contributed by atoms with Crippen LogP contribution in [0.5, 0.6) is 5.75 Å². The summed E-state index contributed by atoms with van der Waals surface area (Å²) in [4.78, 5) is 23.7. The molecule has 1 amide bonds. The van der Waals surface area contributed by atoms with E-state index in [1.807, 2.05) is 13.8 Å². The molecule has 0 radical (unpaired) electrons. The molecule has 0 fully saturated rings. The van der Waals surface area contributed by atoms with Crippen molar-refractivity contribution >= 4 is 11.9 Å². The van der Waals surface area contributed by atoms with E-state index < -0.39 is 11.5 Å². The molecule has 0 heterocycles. The van der Waals surface area contributed by atoms with Crippen LogP contribution < -0.4 is 5.32 Å². The number of carbonyl (C=O) groups excluding carboxylic acids is 2. The van der Waals surface area contributed by atoms with Crippen LogP contribution in [-0.4, -0.2) is 29.1 Å². The second-order valence-corrected chi connectivity index (χ2v) is 7.26. The van der Waals surface area contributed by atoms with Gasteiger partial charge in [0.25, 0.3) is 5.91 Å². The Morgan fingerprint density at radius 2 is 1.73 bits per heavy atom. The molecule has 0 saturated carbocycles. The number of hydrogen-bond acceptors (Lipinski definition) is 4. The standard InChI is InChI=1S/C17H25NO4/c1-16(2,3)11-17(4,5)18-14(20)10-22-15(21)12-8-6-7-9-13(12)19/h6-9,19H,10-11H2,1-5H3,(H,18,20). The quantitative estimate of drug-likeness (QED) is 0.820. The molecular formula is C17H25NO4. The first-order valence-electron chi connectivity index (χ1n) is 7.26. The van der Waals surface area contributed by atoms with Gasteiger partial charge in [-0.25, -0.2) is 4.79 Å². The smallest absolute Gasteiger partial charge is 0.342 e. The Balaban J connectivity index is 2.53. The van der Waals surface area contributed by atoms with Crippen LogP contribution in [0.1, 0.15) is 51.4 Å². The minimum absolute atomic E-state index is 0.0456. The van der Waals surface area contributed by atoms with Crippen LogP contribution in [0.25, 0.3) is 0 Å². The van der Waals surface area contributed by atoms with E-state index in [-0.39, 0.29) is 29.2 Å². The van der Waals surface area contributed by atoms with E-state index >= 15 is 0 Å². The van der Waals surface area contributed by atoms with Crippen molar-refractivity contribution in [1.29, 1.82) is 0 Å². The zero-order valence-electron chi connectivity index (χ0n) is 13.9. The second kappa shape index (κ2) is 6.81. The minimum atomic E-state index is -0.720. The highest BCUT2D eigenvalue weighted by Crippen LogP contribution is 2.26. The molecule has 0 aliphatic rings. The fourth-order valence-electron chi connectivity index (χ4n) is 2.64. The zero-order valence-corrected chi connectivity index (χ0v) is 13.9. The SMILES string of the molecule is CC(C)(C)CC(C)(C)NC(=O)COC(=O)c1ccccc1O. The molecule has 1 rings (SSSR count). The molecule has 0 aliphatic carbocycles. The predicted octanol–water partition coefficient (Wildman–Crippen LogP) is 2.88. The minimum Gasteiger partial charge on any atom is -0.507 e. The van der Waals surface area contributed by atoms with E-state index in [0.717, 1.165) is 6.42 Å². The molecule has 0 saturated heterocycles. The molecule has 1 aromatic rings. The summed E-state index contributed by atoms with van der Waals surface area (Å²) in [6.07, 6.45) is 0.791. The normalized spacial score (nSPS) is 11.9. The molecule has 1 aromatic carbocycles. The summed E-state index contributed by atoms with van der Waals surface area (Å²) >= 11 is 0. The van der Waals surface area contributed by atoms with Crippen LogP contribution in [-0.2, 0) is 9.53 Å². The monoisotopic (exact) mass is 307 g/mol. The van der Waals surface area contributed by atoms with Crippen molar-refractivity contribution in [2.75, 3.05) is 6.61 Å². The van der Waals surface area contributed by atoms with Crippen LogP contribution >= 0.6 is 0 Å². The van der Waals surface area contributed by atoms with Gasteiger partial charge in [0.05, 0.1) is 0 Å². The zero-order chi connectivity index (χ0) is 17.0. The first kappa shape index (κ1) is 18.0. The molecular weight excluding hydrogens is 282 g/mol. The third-order valence-corrected chi connectivity index (χ3v) is 2.91. The van der Waals surface area contributed by atoms with Gasteiger partial charge >= 0.3 is 5.97 Å². The van der Waals surface area contributed by atoms with Crippen LogP contribution in [0, 0.1) is 5.41 Å². The number of nitrogens with one attached hydrogen (secondary N) is 1. The van der Waals surface area contributed by atoms with Crippen LogP contribution in [0.4, 0.5) is 0 Å². The number of ether oxygens (including phenoxy) is 1. The topological polar surface area (TPSA) is 75.6 Å². The number of benzene rings is 1. The van der Waals surface area contributed by atoms with E-state index in [2.05, 4.69) is 26.1 Å². The van der Waals surface area contributed by atoms with Gasteiger partial charge in [-0.2, -0.15) is 0 Å². The first-order valence-corrected chi connectivity index (χ1v) is 7.26. The van der Waals surface area contributed by atoms with E-state index in [1.54, 1.807) is 12.1 Å².